The molecule has 1 aromatic carbocycles. The molecule has 9 heteroatoms. The zero-order valence-corrected chi connectivity index (χ0v) is 17.2. The van der Waals surface area contributed by atoms with Gasteiger partial charge in [-0.1, -0.05) is 31.5 Å². The molecule has 0 saturated heterocycles. The van der Waals surface area contributed by atoms with Crippen LogP contribution in [0.1, 0.15) is 37.0 Å². The fourth-order valence-corrected chi connectivity index (χ4v) is 4.11. The molecule has 1 atom stereocenters. The van der Waals surface area contributed by atoms with Crippen molar-refractivity contribution < 1.29 is 22.7 Å². The number of benzene rings is 1. The van der Waals surface area contributed by atoms with Crippen molar-refractivity contribution in [1.82, 2.24) is 9.71 Å². The summed E-state index contributed by atoms with van der Waals surface area (Å²) in [5.41, 5.74) is 0.726. The summed E-state index contributed by atoms with van der Waals surface area (Å²) in [4.78, 5) is 31.1. The number of amides is 1. The highest BCUT2D eigenvalue weighted by atomic mass is 32.2. The first-order valence-electron chi connectivity index (χ1n) is 9.01. The second kappa shape index (κ2) is 9.01. The predicted molar refractivity (Wildman–Crippen MR) is 108 cm³/mol. The Balaban J connectivity index is 2.44. The molecule has 0 spiro atoms. The van der Waals surface area contributed by atoms with Gasteiger partial charge in [0.25, 0.3) is 5.91 Å². The third-order valence-electron chi connectivity index (χ3n) is 4.12. The molecular formula is C19H25N3O5S. The van der Waals surface area contributed by atoms with Crippen molar-refractivity contribution in [3.8, 4) is 0 Å². The minimum atomic E-state index is -4.26. The summed E-state index contributed by atoms with van der Waals surface area (Å²) >= 11 is 0. The minimum absolute atomic E-state index is 0.0570. The number of nitrogens with one attached hydrogen (secondary N) is 1. The quantitative estimate of drug-likeness (QED) is 0.668. The van der Waals surface area contributed by atoms with Crippen LogP contribution < -0.4 is 9.62 Å². The van der Waals surface area contributed by atoms with E-state index in [0.29, 0.717) is 23.1 Å². The van der Waals surface area contributed by atoms with Crippen molar-refractivity contribution in [2.45, 2.75) is 31.9 Å². The molecule has 2 aromatic rings. The number of carbonyl (C=O) groups excluding carboxylic acids is 2. The van der Waals surface area contributed by atoms with Crippen molar-refractivity contribution in [1.29, 1.82) is 0 Å². The number of nitrogens with zero attached hydrogens (tertiary/aromatic N) is 2. The predicted octanol–water partition coefficient (Wildman–Crippen LogP) is 2.09. The largest absolute Gasteiger partial charge is 0.465 e. The SMILES string of the molecule is CCC[C@@H](C(=O)OCC)S(=O)(=O)NC(=O)c1cc(N(C)C)nc2ccccc12. The van der Waals surface area contributed by atoms with E-state index in [2.05, 4.69) is 4.98 Å². The number of sulfonamides is 1. The van der Waals surface area contributed by atoms with Crippen molar-refractivity contribution in [2.75, 3.05) is 25.6 Å². The summed E-state index contributed by atoms with van der Waals surface area (Å²) in [7, 11) is -0.720. The molecular weight excluding hydrogens is 382 g/mol. The number of esters is 1. The summed E-state index contributed by atoms with van der Waals surface area (Å²) < 4.78 is 32.3. The Morgan fingerprint density at radius 3 is 2.50 bits per heavy atom. The lowest BCUT2D eigenvalue weighted by Gasteiger charge is -2.18. The van der Waals surface area contributed by atoms with Crippen LogP contribution in [0.15, 0.2) is 30.3 Å². The van der Waals surface area contributed by atoms with Crippen LogP contribution in [0.2, 0.25) is 0 Å². The van der Waals surface area contributed by atoms with Crippen LogP contribution >= 0.6 is 0 Å². The molecule has 0 aliphatic heterocycles. The summed E-state index contributed by atoms with van der Waals surface area (Å²) in [6.45, 7) is 3.41. The van der Waals surface area contributed by atoms with Crippen LogP contribution in [-0.2, 0) is 19.6 Å². The lowest BCUT2D eigenvalue weighted by atomic mass is 10.1. The molecule has 8 nitrogen and oxygen atoms in total. The van der Waals surface area contributed by atoms with Gasteiger partial charge in [0.05, 0.1) is 17.7 Å². The van der Waals surface area contributed by atoms with Gasteiger partial charge >= 0.3 is 5.97 Å². The molecule has 0 fully saturated rings. The lowest BCUT2D eigenvalue weighted by Crippen LogP contribution is -2.43. The van der Waals surface area contributed by atoms with Crippen molar-refractivity contribution in [2.24, 2.45) is 0 Å². The van der Waals surface area contributed by atoms with E-state index in [4.69, 9.17) is 4.74 Å². The molecule has 0 aliphatic carbocycles. The smallest absolute Gasteiger partial charge is 0.326 e. The molecule has 1 amide bonds. The third kappa shape index (κ3) is 4.78. The normalized spacial score (nSPS) is 12.4. The molecule has 0 bridgehead atoms. The Kier molecular flexibility index (Phi) is 6.95. The van der Waals surface area contributed by atoms with Crippen molar-refractivity contribution in [3.05, 3.63) is 35.9 Å². The second-order valence-electron chi connectivity index (χ2n) is 6.45. The Hall–Kier alpha value is -2.68. The maximum atomic E-state index is 12.8. The first-order valence-corrected chi connectivity index (χ1v) is 10.6. The van der Waals surface area contributed by atoms with E-state index in [1.54, 1.807) is 57.1 Å². The molecule has 1 aromatic heterocycles. The van der Waals surface area contributed by atoms with Gasteiger partial charge < -0.3 is 9.64 Å². The fraction of sp³-hybridized carbons (Fsp3) is 0.421. The van der Waals surface area contributed by atoms with Gasteiger partial charge in [-0.25, -0.2) is 18.1 Å². The van der Waals surface area contributed by atoms with Crippen molar-refractivity contribution in [3.63, 3.8) is 0 Å². The number of rotatable bonds is 8. The number of para-hydroxylation sites is 1. The number of hydrogen-bond donors (Lipinski definition) is 1. The molecule has 0 aliphatic rings. The summed E-state index contributed by atoms with van der Waals surface area (Å²) in [5.74, 6) is -1.16. The molecule has 0 unspecified atom stereocenters. The van der Waals surface area contributed by atoms with Crippen LogP contribution in [0.5, 0.6) is 0 Å². The number of anilines is 1. The van der Waals surface area contributed by atoms with Gasteiger partial charge in [0.1, 0.15) is 5.82 Å². The van der Waals surface area contributed by atoms with E-state index in [9.17, 15) is 18.0 Å². The molecule has 1 N–H and O–H groups in total. The molecule has 2 rings (SSSR count). The average Bonchev–Trinajstić information content (AvgIpc) is 2.64. The number of pyridine rings is 1. The fourth-order valence-electron chi connectivity index (χ4n) is 2.73. The van der Waals surface area contributed by atoms with Crippen LogP contribution in [-0.4, -0.2) is 51.2 Å². The Morgan fingerprint density at radius 1 is 1.21 bits per heavy atom. The second-order valence-corrected chi connectivity index (χ2v) is 8.31. The Bertz CT molecular complexity index is 973. The number of ether oxygens (including phenoxy) is 1. The number of fused-ring (bicyclic) bond motifs is 1. The Morgan fingerprint density at radius 2 is 1.89 bits per heavy atom. The number of hydrogen-bond acceptors (Lipinski definition) is 7. The molecule has 0 radical (unpaired) electrons. The van der Waals surface area contributed by atoms with Crippen LogP contribution in [0.4, 0.5) is 5.82 Å². The van der Waals surface area contributed by atoms with Gasteiger partial charge in [-0.3, -0.25) is 9.59 Å². The first kappa shape index (κ1) is 21.6. The van der Waals surface area contributed by atoms with E-state index in [-0.39, 0.29) is 18.6 Å². The standard InChI is InChI=1S/C19H25N3O5S/c1-5-9-16(19(24)27-6-2)28(25,26)21-18(23)14-12-17(22(3)4)20-15-11-8-7-10-13(14)15/h7-8,10-12,16H,5-6,9H2,1-4H3,(H,21,23)/t16-/m0/s1. The maximum absolute atomic E-state index is 12.8. The highest BCUT2D eigenvalue weighted by Gasteiger charge is 2.35. The first-order chi connectivity index (χ1) is 13.2. The molecule has 1 heterocycles. The minimum Gasteiger partial charge on any atom is -0.465 e. The van der Waals surface area contributed by atoms with E-state index < -0.39 is 27.1 Å². The van der Waals surface area contributed by atoms with Crippen LogP contribution in [0.25, 0.3) is 10.9 Å². The van der Waals surface area contributed by atoms with E-state index in [1.165, 1.54) is 6.07 Å². The summed E-state index contributed by atoms with van der Waals surface area (Å²) in [6.07, 6.45) is 0.503. The average molecular weight is 407 g/mol. The molecule has 0 saturated carbocycles. The van der Waals surface area contributed by atoms with Gasteiger partial charge in [0.15, 0.2) is 5.25 Å². The lowest BCUT2D eigenvalue weighted by molar-refractivity contribution is -0.142. The summed E-state index contributed by atoms with van der Waals surface area (Å²) in [5, 5.41) is -0.924. The zero-order chi connectivity index (χ0) is 20.9. The number of carbonyl (C=O) groups is 2. The number of aromatic nitrogens is 1. The van der Waals surface area contributed by atoms with Gasteiger partial charge in [-0.15, -0.1) is 0 Å². The Labute approximate surface area is 164 Å². The third-order valence-corrected chi connectivity index (χ3v) is 5.76. The van der Waals surface area contributed by atoms with Crippen LogP contribution in [0.3, 0.4) is 0 Å². The highest BCUT2D eigenvalue weighted by molar-refractivity contribution is 7.91. The zero-order valence-electron chi connectivity index (χ0n) is 16.4. The summed E-state index contributed by atoms with van der Waals surface area (Å²) in [6, 6.07) is 8.48. The van der Waals surface area contributed by atoms with Gasteiger partial charge in [-0.05, 0) is 25.5 Å². The van der Waals surface area contributed by atoms with E-state index in [1.807, 2.05) is 4.72 Å². The molecule has 152 valence electrons. The van der Waals surface area contributed by atoms with Crippen molar-refractivity contribution >= 4 is 38.6 Å². The molecule has 28 heavy (non-hydrogen) atoms. The van der Waals surface area contributed by atoms with Crippen LogP contribution in [0, 0.1) is 0 Å². The topological polar surface area (TPSA) is 106 Å². The van der Waals surface area contributed by atoms with Gasteiger partial charge in [0.2, 0.25) is 10.0 Å². The van der Waals surface area contributed by atoms with Gasteiger partial charge in [-0.2, -0.15) is 0 Å². The van der Waals surface area contributed by atoms with E-state index >= 15 is 0 Å². The maximum Gasteiger partial charge on any atom is 0.326 e. The van der Waals surface area contributed by atoms with Gasteiger partial charge in [0, 0.05) is 19.5 Å². The highest BCUT2D eigenvalue weighted by Crippen LogP contribution is 2.22. The monoisotopic (exact) mass is 407 g/mol. The van der Waals surface area contributed by atoms with E-state index in [0.717, 1.165) is 0 Å².